The first-order valence-electron chi connectivity index (χ1n) is 9.75. The lowest BCUT2D eigenvalue weighted by Crippen LogP contribution is -2.48. The molecule has 2 aliphatic carbocycles. The van der Waals surface area contributed by atoms with Gasteiger partial charge >= 0.3 is 0 Å². The number of halogens is 2. The molecule has 5 rings (SSSR count). The van der Waals surface area contributed by atoms with Crippen molar-refractivity contribution in [2.24, 2.45) is 5.41 Å². The zero-order valence-corrected chi connectivity index (χ0v) is 16.5. The van der Waals surface area contributed by atoms with Crippen molar-refractivity contribution in [3.8, 4) is 0 Å². The second-order valence-electron chi connectivity index (χ2n) is 8.85. The Balaban J connectivity index is 1.68. The summed E-state index contributed by atoms with van der Waals surface area (Å²) in [5, 5.41) is 2.82. The number of amides is 1. The highest BCUT2D eigenvalue weighted by molar-refractivity contribution is 6.02. The van der Waals surface area contributed by atoms with Gasteiger partial charge in [-0.15, -0.1) is 0 Å². The number of anilines is 1. The summed E-state index contributed by atoms with van der Waals surface area (Å²) in [5.74, 6) is -2.19. The molecule has 1 saturated carbocycles. The Morgan fingerprint density at radius 2 is 1.59 bits per heavy atom. The molecule has 4 nitrogen and oxygen atoms in total. The third-order valence-electron chi connectivity index (χ3n) is 7.51. The number of rotatable bonds is 2. The number of carbonyl (C=O) groups is 1. The smallest absolute Gasteiger partial charge is 0.237 e. The van der Waals surface area contributed by atoms with Gasteiger partial charge in [-0.05, 0) is 42.5 Å². The van der Waals surface area contributed by atoms with Crippen LogP contribution in [-0.4, -0.2) is 15.9 Å². The van der Waals surface area contributed by atoms with Gasteiger partial charge < -0.3 is 5.32 Å². The number of benzene rings is 2. The number of nitrogens with zero attached hydrogens (tertiary/aromatic N) is 2. The molecule has 0 saturated heterocycles. The van der Waals surface area contributed by atoms with Gasteiger partial charge in [0.05, 0.1) is 27.8 Å². The Morgan fingerprint density at radius 1 is 0.931 bits per heavy atom. The van der Waals surface area contributed by atoms with Crippen molar-refractivity contribution < 1.29 is 13.6 Å². The van der Waals surface area contributed by atoms with Gasteiger partial charge in [0.25, 0.3) is 0 Å². The summed E-state index contributed by atoms with van der Waals surface area (Å²) in [5.41, 5.74) is 1.73. The first-order valence-corrected chi connectivity index (χ1v) is 9.75. The second kappa shape index (κ2) is 5.59. The number of carbonyl (C=O) groups excluding carboxylic acids is 1. The average molecular weight is 393 g/mol. The van der Waals surface area contributed by atoms with Crippen molar-refractivity contribution in [3.05, 3.63) is 65.5 Å². The van der Waals surface area contributed by atoms with E-state index in [1.54, 1.807) is 0 Å². The zero-order chi connectivity index (χ0) is 20.6. The molecule has 0 spiro atoms. The predicted octanol–water partition coefficient (Wildman–Crippen LogP) is 4.88. The quantitative estimate of drug-likeness (QED) is 0.675. The maximum absolute atomic E-state index is 13.7. The Labute approximate surface area is 167 Å². The van der Waals surface area contributed by atoms with Crippen LogP contribution in [-0.2, 0) is 15.6 Å². The van der Waals surface area contributed by atoms with Crippen molar-refractivity contribution >= 4 is 22.6 Å². The van der Waals surface area contributed by atoms with Crippen molar-refractivity contribution in [1.29, 1.82) is 0 Å². The number of para-hydroxylation sites is 2. The normalized spacial score (nSPS) is 26.5. The molecule has 2 aliphatic rings. The zero-order valence-electron chi connectivity index (χ0n) is 16.5. The number of hydrogen-bond donors (Lipinski definition) is 1. The lowest BCUT2D eigenvalue weighted by atomic mass is 9.63. The lowest BCUT2D eigenvalue weighted by Gasteiger charge is -2.39. The molecule has 1 heterocycles. The summed E-state index contributed by atoms with van der Waals surface area (Å²) >= 11 is 0. The fourth-order valence-electron chi connectivity index (χ4n) is 5.36. The van der Waals surface area contributed by atoms with E-state index in [0.29, 0.717) is 12.1 Å². The van der Waals surface area contributed by atoms with Crippen molar-refractivity contribution in [3.63, 3.8) is 0 Å². The van der Waals surface area contributed by atoms with Gasteiger partial charge in [0.1, 0.15) is 0 Å². The maximum Gasteiger partial charge on any atom is 0.237 e. The summed E-state index contributed by atoms with van der Waals surface area (Å²) in [6, 6.07) is 11.0. The maximum atomic E-state index is 13.7. The third-order valence-corrected chi connectivity index (χ3v) is 7.51. The van der Waals surface area contributed by atoms with Crippen LogP contribution in [0, 0.1) is 17.0 Å². The van der Waals surface area contributed by atoms with Crippen LogP contribution < -0.4 is 5.32 Å². The molecule has 2 atom stereocenters. The first-order chi connectivity index (χ1) is 13.7. The lowest BCUT2D eigenvalue weighted by molar-refractivity contribution is -0.125. The molecule has 3 aromatic rings. The molecular formula is C23H21F2N3O. The van der Waals surface area contributed by atoms with Crippen LogP contribution in [0.15, 0.2) is 42.5 Å². The summed E-state index contributed by atoms with van der Waals surface area (Å²) in [6.45, 7) is 6.31. The third kappa shape index (κ3) is 2.09. The Morgan fingerprint density at radius 3 is 2.24 bits per heavy atom. The van der Waals surface area contributed by atoms with Crippen molar-refractivity contribution in [2.45, 2.75) is 44.4 Å². The molecule has 1 N–H and O–H groups in total. The van der Waals surface area contributed by atoms with Crippen molar-refractivity contribution in [2.75, 3.05) is 5.32 Å². The molecule has 2 aromatic carbocycles. The highest BCUT2D eigenvalue weighted by atomic mass is 19.2. The molecule has 1 amide bonds. The second-order valence-corrected chi connectivity index (χ2v) is 8.85. The largest absolute Gasteiger partial charge is 0.325 e. The van der Waals surface area contributed by atoms with Gasteiger partial charge in [0.15, 0.2) is 11.6 Å². The summed E-state index contributed by atoms with van der Waals surface area (Å²) in [6.07, 6.45) is 1.44. The van der Waals surface area contributed by atoms with E-state index in [1.165, 1.54) is 6.07 Å². The number of aromatic nitrogens is 2. The topological polar surface area (TPSA) is 54.9 Å². The molecule has 0 aliphatic heterocycles. The van der Waals surface area contributed by atoms with Crippen LogP contribution in [0.5, 0.6) is 0 Å². The van der Waals surface area contributed by atoms with Gasteiger partial charge in [-0.2, -0.15) is 0 Å². The van der Waals surface area contributed by atoms with Crippen LogP contribution in [0.25, 0.3) is 11.0 Å². The Kier molecular flexibility index (Phi) is 3.50. The highest BCUT2D eigenvalue weighted by Crippen LogP contribution is 2.70. The van der Waals surface area contributed by atoms with Gasteiger partial charge in [-0.1, -0.05) is 32.9 Å². The molecule has 0 radical (unpaired) electrons. The van der Waals surface area contributed by atoms with Crippen LogP contribution in [0.3, 0.4) is 0 Å². The minimum Gasteiger partial charge on any atom is -0.325 e. The minimum atomic E-state index is -0.992. The van der Waals surface area contributed by atoms with Crippen LogP contribution >= 0.6 is 0 Å². The summed E-state index contributed by atoms with van der Waals surface area (Å²) in [4.78, 5) is 23.5. The van der Waals surface area contributed by atoms with E-state index in [4.69, 9.17) is 9.97 Å². The predicted molar refractivity (Wildman–Crippen MR) is 107 cm³/mol. The number of hydrogen-bond acceptors (Lipinski definition) is 3. The average Bonchev–Trinajstić information content (AvgIpc) is 2.99. The van der Waals surface area contributed by atoms with Gasteiger partial charge in [0, 0.05) is 17.2 Å². The van der Waals surface area contributed by atoms with E-state index in [9.17, 15) is 13.6 Å². The van der Waals surface area contributed by atoms with E-state index < -0.39 is 22.5 Å². The minimum absolute atomic E-state index is 0.231. The van der Waals surface area contributed by atoms with Crippen molar-refractivity contribution in [1.82, 2.24) is 9.97 Å². The Bertz CT molecular complexity index is 1190. The fourth-order valence-corrected chi connectivity index (χ4v) is 5.36. The molecule has 29 heavy (non-hydrogen) atoms. The first kappa shape index (κ1) is 18.2. The summed E-state index contributed by atoms with van der Waals surface area (Å²) < 4.78 is 27.0. The van der Waals surface area contributed by atoms with E-state index in [2.05, 4.69) is 26.1 Å². The van der Waals surface area contributed by atoms with Gasteiger partial charge in [0.2, 0.25) is 5.91 Å². The molecule has 148 valence electrons. The van der Waals surface area contributed by atoms with Crippen LogP contribution in [0.2, 0.25) is 0 Å². The monoisotopic (exact) mass is 393 g/mol. The molecule has 2 bridgehead atoms. The SMILES string of the molecule is CC12CCC(C(=O)Nc3ccc(F)c(F)c3)(c3nc4ccccc4nc31)C2(C)C. The highest BCUT2D eigenvalue weighted by Gasteiger charge is 2.73. The fraction of sp³-hybridized carbons (Fsp3) is 0.348. The Hall–Kier alpha value is -2.89. The van der Waals surface area contributed by atoms with E-state index >= 15 is 0 Å². The van der Waals surface area contributed by atoms with E-state index in [-0.39, 0.29) is 17.0 Å². The number of fused-ring (bicyclic) bond motifs is 6. The molecular weight excluding hydrogens is 372 g/mol. The molecule has 1 aromatic heterocycles. The molecule has 1 fully saturated rings. The standard InChI is InChI=1S/C23H21F2N3O/c1-21(2)22(3)10-11-23(21,20(29)26-13-8-9-14(24)15(25)12-13)19-18(22)27-16-6-4-5-7-17(16)28-19/h4-9,12H,10-11H2,1-3H3,(H,26,29). The summed E-state index contributed by atoms with van der Waals surface area (Å²) in [7, 11) is 0. The van der Waals surface area contributed by atoms with E-state index in [0.717, 1.165) is 35.3 Å². The van der Waals surface area contributed by atoms with E-state index in [1.807, 2.05) is 24.3 Å². The number of nitrogens with one attached hydrogen (secondary N) is 1. The van der Waals surface area contributed by atoms with Gasteiger partial charge in [-0.3, -0.25) is 4.79 Å². The van der Waals surface area contributed by atoms with Gasteiger partial charge in [-0.25, -0.2) is 18.7 Å². The molecule has 2 unspecified atom stereocenters. The van der Waals surface area contributed by atoms with Crippen LogP contribution in [0.4, 0.5) is 14.5 Å². The molecule has 6 heteroatoms. The van der Waals surface area contributed by atoms with Crippen LogP contribution in [0.1, 0.15) is 45.0 Å².